The SMILES string of the molecule is CCOC(=O)c1[nH]cnc1C(=O)N[C@@H](C)c1ccccc1. The van der Waals surface area contributed by atoms with E-state index in [1.165, 1.54) is 6.33 Å². The molecule has 110 valence electrons. The number of aromatic nitrogens is 2. The number of aromatic amines is 1. The monoisotopic (exact) mass is 287 g/mol. The van der Waals surface area contributed by atoms with E-state index in [0.29, 0.717) is 0 Å². The molecule has 1 aromatic carbocycles. The van der Waals surface area contributed by atoms with Crippen molar-refractivity contribution >= 4 is 11.9 Å². The molecule has 2 N–H and O–H groups in total. The van der Waals surface area contributed by atoms with Gasteiger partial charge in [-0.2, -0.15) is 0 Å². The van der Waals surface area contributed by atoms with Crippen molar-refractivity contribution in [3.8, 4) is 0 Å². The maximum Gasteiger partial charge on any atom is 0.357 e. The van der Waals surface area contributed by atoms with E-state index >= 15 is 0 Å². The molecule has 1 amide bonds. The molecule has 6 heteroatoms. The Morgan fingerprint density at radius 2 is 2.05 bits per heavy atom. The van der Waals surface area contributed by atoms with Gasteiger partial charge in [0.2, 0.25) is 0 Å². The maximum absolute atomic E-state index is 12.2. The number of benzene rings is 1. The van der Waals surface area contributed by atoms with Gasteiger partial charge in [-0.1, -0.05) is 30.3 Å². The summed E-state index contributed by atoms with van der Waals surface area (Å²) in [6.07, 6.45) is 1.30. The van der Waals surface area contributed by atoms with Gasteiger partial charge in [0.05, 0.1) is 19.0 Å². The first-order valence-corrected chi connectivity index (χ1v) is 6.69. The van der Waals surface area contributed by atoms with Crippen LogP contribution in [0.5, 0.6) is 0 Å². The predicted octanol–water partition coefficient (Wildman–Crippen LogP) is 2.08. The summed E-state index contributed by atoms with van der Waals surface area (Å²) in [5.74, 6) is -1.01. The van der Waals surface area contributed by atoms with Gasteiger partial charge in [-0.25, -0.2) is 9.78 Å². The summed E-state index contributed by atoms with van der Waals surface area (Å²) < 4.78 is 4.88. The number of nitrogens with one attached hydrogen (secondary N) is 2. The minimum atomic E-state index is -0.590. The number of esters is 1. The lowest BCUT2D eigenvalue weighted by molar-refractivity contribution is 0.0516. The lowest BCUT2D eigenvalue weighted by Crippen LogP contribution is -2.28. The summed E-state index contributed by atoms with van der Waals surface area (Å²) in [7, 11) is 0. The van der Waals surface area contributed by atoms with Crippen LogP contribution in [0.25, 0.3) is 0 Å². The lowest BCUT2D eigenvalue weighted by atomic mass is 10.1. The molecule has 2 aromatic rings. The van der Waals surface area contributed by atoms with E-state index in [1.807, 2.05) is 37.3 Å². The Hall–Kier alpha value is -2.63. The molecule has 6 nitrogen and oxygen atoms in total. The molecular formula is C15H17N3O3. The van der Waals surface area contributed by atoms with E-state index in [-0.39, 0.29) is 24.0 Å². The smallest absolute Gasteiger partial charge is 0.357 e. The fourth-order valence-electron chi connectivity index (χ4n) is 1.92. The van der Waals surface area contributed by atoms with Crippen LogP contribution >= 0.6 is 0 Å². The zero-order valence-corrected chi connectivity index (χ0v) is 11.9. The van der Waals surface area contributed by atoms with Crippen molar-refractivity contribution in [3.05, 3.63) is 53.6 Å². The predicted molar refractivity (Wildman–Crippen MR) is 76.9 cm³/mol. The minimum absolute atomic E-state index is 0.0382. The average Bonchev–Trinajstić information content (AvgIpc) is 2.98. The Bertz CT molecular complexity index is 622. The molecule has 2 rings (SSSR count). The van der Waals surface area contributed by atoms with E-state index in [1.54, 1.807) is 6.92 Å². The summed E-state index contributed by atoms with van der Waals surface area (Å²) in [6.45, 7) is 3.80. The zero-order valence-electron chi connectivity index (χ0n) is 11.9. The molecular weight excluding hydrogens is 270 g/mol. The Balaban J connectivity index is 2.11. The third kappa shape index (κ3) is 3.47. The third-order valence-corrected chi connectivity index (χ3v) is 2.98. The van der Waals surface area contributed by atoms with Crippen molar-refractivity contribution in [1.29, 1.82) is 0 Å². The first kappa shape index (κ1) is 14.8. The number of carbonyl (C=O) groups is 2. The normalized spacial score (nSPS) is 11.7. The number of nitrogens with zero attached hydrogens (tertiary/aromatic N) is 1. The average molecular weight is 287 g/mol. The molecule has 0 saturated carbocycles. The second-order valence-electron chi connectivity index (χ2n) is 4.45. The van der Waals surface area contributed by atoms with Gasteiger partial charge in [-0.15, -0.1) is 0 Å². The van der Waals surface area contributed by atoms with Gasteiger partial charge in [0.1, 0.15) is 0 Å². The molecule has 0 aliphatic rings. The summed E-state index contributed by atoms with van der Waals surface area (Å²) in [6, 6.07) is 9.35. The van der Waals surface area contributed by atoms with Crippen LogP contribution in [0.2, 0.25) is 0 Å². The van der Waals surface area contributed by atoms with E-state index in [0.717, 1.165) is 5.56 Å². The van der Waals surface area contributed by atoms with Crippen LogP contribution in [0, 0.1) is 0 Å². The van der Waals surface area contributed by atoms with Gasteiger partial charge in [0.15, 0.2) is 11.4 Å². The number of H-pyrrole nitrogens is 1. The topological polar surface area (TPSA) is 84.1 Å². The maximum atomic E-state index is 12.2. The molecule has 0 aliphatic heterocycles. The third-order valence-electron chi connectivity index (χ3n) is 2.98. The summed E-state index contributed by atoms with van der Waals surface area (Å²) in [5, 5.41) is 2.81. The number of hydrogen-bond acceptors (Lipinski definition) is 4. The van der Waals surface area contributed by atoms with Gasteiger partial charge >= 0.3 is 5.97 Å². The van der Waals surface area contributed by atoms with Crippen molar-refractivity contribution in [2.24, 2.45) is 0 Å². The fraction of sp³-hybridized carbons (Fsp3) is 0.267. The molecule has 0 fully saturated rings. The largest absolute Gasteiger partial charge is 0.461 e. The second kappa shape index (κ2) is 6.69. The number of amides is 1. The highest BCUT2D eigenvalue weighted by molar-refractivity contribution is 6.02. The standard InChI is InChI=1S/C15H17N3O3/c1-3-21-15(20)13-12(16-9-17-13)14(19)18-10(2)11-7-5-4-6-8-11/h4-10H,3H2,1-2H3,(H,16,17)(H,18,19)/t10-/m0/s1. The highest BCUT2D eigenvalue weighted by Crippen LogP contribution is 2.13. The van der Waals surface area contributed by atoms with Gasteiger partial charge in [-0.3, -0.25) is 4.79 Å². The molecule has 0 spiro atoms. The van der Waals surface area contributed by atoms with Crippen LogP contribution in [0.1, 0.15) is 46.4 Å². The van der Waals surface area contributed by atoms with Crippen LogP contribution in [-0.4, -0.2) is 28.5 Å². The van der Waals surface area contributed by atoms with Crippen molar-refractivity contribution in [2.45, 2.75) is 19.9 Å². The fourth-order valence-corrected chi connectivity index (χ4v) is 1.92. The number of carbonyl (C=O) groups excluding carboxylic acids is 2. The molecule has 0 unspecified atom stereocenters. The second-order valence-corrected chi connectivity index (χ2v) is 4.45. The van der Waals surface area contributed by atoms with E-state index in [9.17, 15) is 9.59 Å². The molecule has 0 radical (unpaired) electrons. The van der Waals surface area contributed by atoms with Crippen molar-refractivity contribution < 1.29 is 14.3 Å². The Kier molecular flexibility index (Phi) is 4.71. The van der Waals surface area contributed by atoms with Gasteiger partial charge < -0.3 is 15.0 Å². The Morgan fingerprint density at radius 3 is 2.71 bits per heavy atom. The quantitative estimate of drug-likeness (QED) is 0.825. The molecule has 0 bridgehead atoms. The van der Waals surface area contributed by atoms with Gasteiger partial charge in [0, 0.05) is 0 Å². The van der Waals surface area contributed by atoms with Crippen LogP contribution in [0.3, 0.4) is 0 Å². The number of rotatable bonds is 5. The molecule has 1 atom stereocenters. The molecule has 0 saturated heterocycles. The molecule has 21 heavy (non-hydrogen) atoms. The lowest BCUT2D eigenvalue weighted by Gasteiger charge is -2.13. The van der Waals surface area contributed by atoms with Crippen LogP contribution in [-0.2, 0) is 4.74 Å². The number of ether oxygens (including phenoxy) is 1. The zero-order chi connectivity index (χ0) is 15.2. The minimum Gasteiger partial charge on any atom is -0.461 e. The molecule has 1 aromatic heterocycles. The summed E-state index contributed by atoms with van der Waals surface area (Å²) in [5.41, 5.74) is 1.07. The highest BCUT2D eigenvalue weighted by Gasteiger charge is 2.22. The van der Waals surface area contributed by atoms with Gasteiger partial charge in [0.25, 0.3) is 5.91 Å². The van der Waals surface area contributed by atoms with Crippen molar-refractivity contribution in [1.82, 2.24) is 15.3 Å². The Morgan fingerprint density at radius 1 is 1.33 bits per heavy atom. The first-order valence-electron chi connectivity index (χ1n) is 6.69. The molecule has 1 heterocycles. The summed E-state index contributed by atoms with van der Waals surface area (Å²) in [4.78, 5) is 30.5. The highest BCUT2D eigenvalue weighted by atomic mass is 16.5. The van der Waals surface area contributed by atoms with Crippen LogP contribution < -0.4 is 5.32 Å². The first-order chi connectivity index (χ1) is 10.1. The van der Waals surface area contributed by atoms with E-state index in [2.05, 4.69) is 15.3 Å². The number of imidazole rings is 1. The van der Waals surface area contributed by atoms with Crippen molar-refractivity contribution in [2.75, 3.05) is 6.61 Å². The molecule has 0 aliphatic carbocycles. The number of hydrogen-bond donors (Lipinski definition) is 2. The van der Waals surface area contributed by atoms with E-state index < -0.39 is 11.9 Å². The van der Waals surface area contributed by atoms with Crippen molar-refractivity contribution in [3.63, 3.8) is 0 Å². The van der Waals surface area contributed by atoms with Gasteiger partial charge in [-0.05, 0) is 19.4 Å². The van der Waals surface area contributed by atoms with Crippen LogP contribution in [0.4, 0.5) is 0 Å². The summed E-state index contributed by atoms with van der Waals surface area (Å²) >= 11 is 0. The Labute approximate surface area is 122 Å². The van der Waals surface area contributed by atoms with Crippen LogP contribution in [0.15, 0.2) is 36.7 Å². The van der Waals surface area contributed by atoms with E-state index in [4.69, 9.17) is 4.74 Å².